The summed E-state index contributed by atoms with van der Waals surface area (Å²) in [7, 11) is -2.27. The lowest BCUT2D eigenvalue weighted by Gasteiger charge is -2.11. The molecule has 0 aliphatic rings. The fourth-order valence-electron chi connectivity index (χ4n) is 2.40. The fourth-order valence-corrected chi connectivity index (χ4v) is 4.10. The quantitative estimate of drug-likeness (QED) is 0.510. The van der Waals surface area contributed by atoms with Crippen molar-refractivity contribution in [3.8, 4) is 0 Å². The molecule has 146 valence electrons. The van der Waals surface area contributed by atoms with Crippen LogP contribution in [-0.2, 0) is 17.1 Å². The maximum absolute atomic E-state index is 13.4. The van der Waals surface area contributed by atoms with Crippen LogP contribution >= 0.6 is 22.6 Å². The van der Waals surface area contributed by atoms with Crippen LogP contribution in [0.1, 0.15) is 15.9 Å². The number of nitrogens with zero attached hydrogens (tertiary/aromatic N) is 2. The molecule has 0 fully saturated rings. The maximum Gasteiger partial charge on any atom is 0.281 e. The smallest absolute Gasteiger partial charge is 0.281 e. The molecule has 0 saturated carbocycles. The Hall–Kier alpha value is -2.47. The number of rotatable bonds is 5. The Morgan fingerprint density at radius 2 is 1.93 bits per heavy atom. The van der Waals surface area contributed by atoms with Crippen molar-refractivity contribution in [2.24, 2.45) is 7.05 Å². The van der Waals surface area contributed by atoms with Gasteiger partial charge >= 0.3 is 0 Å². The summed E-state index contributed by atoms with van der Waals surface area (Å²) in [5, 5.41) is 6.44. The lowest BCUT2D eigenvalue weighted by Crippen LogP contribution is -2.16. The number of carbonyl (C=O) groups excluding carboxylic acids is 1. The summed E-state index contributed by atoms with van der Waals surface area (Å²) >= 11 is 1.97. The summed E-state index contributed by atoms with van der Waals surface area (Å²) in [6.07, 6.45) is 1.52. The largest absolute Gasteiger partial charge is 0.322 e. The number of aromatic nitrogens is 2. The van der Waals surface area contributed by atoms with E-state index in [1.165, 1.54) is 41.2 Å². The van der Waals surface area contributed by atoms with Crippen molar-refractivity contribution in [2.45, 2.75) is 11.9 Å². The van der Waals surface area contributed by atoms with E-state index < -0.39 is 15.9 Å². The van der Waals surface area contributed by atoms with Gasteiger partial charge < -0.3 is 5.32 Å². The Morgan fingerprint density at radius 1 is 1.18 bits per heavy atom. The van der Waals surface area contributed by atoms with Crippen molar-refractivity contribution < 1.29 is 17.6 Å². The van der Waals surface area contributed by atoms with Crippen LogP contribution in [0.3, 0.4) is 0 Å². The molecule has 0 unspecified atom stereocenters. The van der Waals surface area contributed by atoms with Gasteiger partial charge in [-0.15, -0.1) is 0 Å². The van der Waals surface area contributed by atoms with Gasteiger partial charge in [-0.2, -0.15) is 13.5 Å². The van der Waals surface area contributed by atoms with Crippen molar-refractivity contribution in [3.63, 3.8) is 0 Å². The van der Waals surface area contributed by atoms with Gasteiger partial charge in [0.25, 0.3) is 15.9 Å². The zero-order chi connectivity index (χ0) is 20.5. The van der Waals surface area contributed by atoms with Crippen LogP contribution in [-0.4, -0.2) is 24.1 Å². The van der Waals surface area contributed by atoms with Gasteiger partial charge in [0.1, 0.15) is 5.82 Å². The van der Waals surface area contributed by atoms with Crippen LogP contribution in [0, 0.1) is 16.3 Å². The molecule has 3 aromatic rings. The van der Waals surface area contributed by atoms with Crippen molar-refractivity contribution in [3.05, 3.63) is 69.2 Å². The molecule has 0 saturated heterocycles. The second kappa shape index (κ2) is 7.87. The molecule has 1 aromatic heterocycles. The third kappa shape index (κ3) is 4.50. The van der Waals surface area contributed by atoms with E-state index in [0.717, 1.165) is 0 Å². The first-order valence-electron chi connectivity index (χ1n) is 8.05. The average Bonchev–Trinajstić information content (AvgIpc) is 3.07. The van der Waals surface area contributed by atoms with Crippen LogP contribution in [0.25, 0.3) is 0 Å². The third-order valence-corrected chi connectivity index (χ3v) is 6.05. The summed E-state index contributed by atoms with van der Waals surface area (Å²) in [6.45, 7) is 1.60. The van der Waals surface area contributed by atoms with E-state index in [2.05, 4.69) is 15.1 Å². The van der Waals surface area contributed by atoms with Gasteiger partial charge in [-0.05, 0) is 77.5 Å². The summed E-state index contributed by atoms with van der Waals surface area (Å²) < 4.78 is 42.8. The van der Waals surface area contributed by atoms with E-state index in [9.17, 15) is 17.6 Å². The number of aryl methyl sites for hydroxylation is 2. The van der Waals surface area contributed by atoms with E-state index >= 15 is 0 Å². The second-order valence-corrected chi connectivity index (χ2v) is 8.84. The highest BCUT2D eigenvalue weighted by Crippen LogP contribution is 2.24. The highest BCUT2D eigenvalue weighted by Gasteiger charge is 2.19. The number of halogens is 2. The SMILES string of the molecule is Cc1cc(NC(=O)c2ccc(I)c(NS(=O)(=O)c3ccn(C)n3)c2)ccc1F. The first kappa shape index (κ1) is 20.3. The van der Waals surface area contributed by atoms with Gasteiger partial charge in [0, 0.05) is 28.1 Å². The van der Waals surface area contributed by atoms with Gasteiger partial charge in [-0.3, -0.25) is 14.2 Å². The van der Waals surface area contributed by atoms with Crippen LogP contribution in [0.15, 0.2) is 53.7 Å². The van der Waals surface area contributed by atoms with Crippen LogP contribution in [0.4, 0.5) is 15.8 Å². The molecule has 7 nitrogen and oxygen atoms in total. The van der Waals surface area contributed by atoms with Crippen molar-refractivity contribution >= 4 is 49.9 Å². The lowest BCUT2D eigenvalue weighted by atomic mass is 10.1. The molecular formula is C18H16FIN4O3S. The van der Waals surface area contributed by atoms with Gasteiger partial charge in [0.2, 0.25) is 0 Å². The highest BCUT2D eigenvalue weighted by atomic mass is 127. The minimum Gasteiger partial charge on any atom is -0.322 e. The number of benzene rings is 2. The summed E-state index contributed by atoms with van der Waals surface area (Å²) in [4.78, 5) is 12.5. The van der Waals surface area contributed by atoms with Crippen LogP contribution in [0.5, 0.6) is 0 Å². The van der Waals surface area contributed by atoms with Gasteiger partial charge in [-0.1, -0.05) is 0 Å². The molecule has 0 aliphatic carbocycles. The number of hydrogen-bond acceptors (Lipinski definition) is 4. The standard InChI is InChI=1S/C18H16FIN4O3S/c1-11-9-13(4-5-14(11)19)21-18(25)12-3-6-15(20)16(10-12)23-28(26,27)17-7-8-24(2)22-17/h3-10,23H,1-2H3,(H,21,25). The minimum absolute atomic E-state index is 0.123. The van der Waals surface area contributed by atoms with Crippen LogP contribution < -0.4 is 10.0 Å². The summed E-state index contributed by atoms with van der Waals surface area (Å²) in [5.41, 5.74) is 1.36. The molecule has 3 rings (SSSR count). The predicted octanol–water partition coefficient (Wildman–Crippen LogP) is 3.53. The van der Waals surface area contributed by atoms with E-state index in [1.54, 1.807) is 26.1 Å². The molecule has 1 amide bonds. The number of amides is 1. The molecule has 0 atom stereocenters. The second-order valence-electron chi connectivity index (χ2n) is 6.05. The van der Waals surface area contributed by atoms with E-state index in [4.69, 9.17) is 0 Å². The molecular weight excluding hydrogens is 498 g/mol. The third-order valence-electron chi connectivity index (χ3n) is 3.85. The molecule has 2 aromatic carbocycles. The first-order valence-corrected chi connectivity index (χ1v) is 10.6. The Kier molecular flexibility index (Phi) is 5.70. The number of nitrogens with one attached hydrogen (secondary N) is 2. The summed E-state index contributed by atoms with van der Waals surface area (Å²) in [5.74, 6) is -0.806. The van der Waals surface area contributed by atoms with Crippen molar-refractivity contribution in [1.29, 1.82) is 0 Å². The average molecular weight is 514 g/mol. The Balaban J connectivity index is 1.84. The zero-order valence-electron chi connectivity index (χ0n) is 14.9. The molecule has 0 radical (unpaired) electrons. The van der Waals surface area contributed by atoms with E-state index in [-0.39, 0.29) is 22.1 Å². The van der Waals surface area contributed by atoms with Crippen molar-refractivity contribution in [2.75, 3.05) is 10.0 Å². The van der Waals surface area contributed by atoms with E-state index in [1.807, 2.05) is 22.6 Å². The molecule has 28 heavy (non-hydrogen) atoms. The molecule has 2 N–H and O–H groups in total. The molecule has 0 bridgehead atoms. The monoisotopic (exact) mass is 514 g/mol. The predicted molar refractivity (Wildman–Crippen MR) is 112 cm³/mol. The Bertz CT molecular complexity index is 1160. The topological polar surface area (TPSA) is 93.1 Å². The Labute approximate surface area is 175 Å². The zero-order valence-corrected chi connectivity index (χ0v) is 17.9. The van der Waals surface area contributed by atoms with Crippen LogP contribution in [0.2, 0.25) is 0 Å². The van der Waals surface area contributed by atoms with Gasteiger partial charge in [0.15, 0.2) is 5.03 Å². The number of anilines is 2. The van der Waals surface area contributed by atoms with Gasteiger partial charge in [-0.25, -0.2) is 4.39 Å². The van der Waals surface area contributed by atoms with Gasteiger partial charge in [0.05, 0.1) is 5.69 Å². The fraction of sp³-hybridized carbons (Fsp3) is 0.111. The van der Waals surface area contributed by atoms with Crippen molar-refractivity contribution in [1.82, 2.24) is 9.78 Å². The minimum atomic E-state index is -3.89. The number of sulfonamides is 1. The normalized spacial score (nSPS) is 11.3. The lowest BCUT2D eigenvalue weighted by molar-refractivity contribution is 0.102. The Morgan fingerprint density at radius 3 is 2.57 bits per heavy atom. The highest BCUT2D eigenvalue weighted by molar-refractivity contribution is 14.1. The molecule has 10 heteroatoms. The number of carbonyl (C=O) groups is 1. The molecule has 1 heterocycles. The van der Waals surface area contributed by atoms with E-state index in [0.29, 0.717) is 14.8 Å². The maximum atomic E-state index is 13.4. The molecule has 0 spiro atoms. The summed E-state index contributed by atoms with van der Waals surface area (Å²) in [6, 6.07) is 10.3. The number of hydrogen-bond donors (Lipinski definition) is 2. The first-order chi connectivity index (χ1) is 13.2. The molecule has 0 aliphatic heterocycles.